The van der Waals surface area contributed by atoms with Gasteiger partial charge in [-0.1, -0.05) is 17.7 Å². The molecule has 1 aromatic carbocycles. The average molecular weight is 314 g/mol. The van der Waals surface area contributed by atoms with Gasteiger partial charge in [0.1, 0.15) is 0 Å². The predicted molar refractivity (Wildman–Crippen MR) is 87.0 cm³/mol. The van der Waals surface area contributed by atoms with Crippen LogP contribution in [0.3, 0.4) is 0 Å². The molecule has 1 aromatic heterocycles. The molecule has 4 nitrogen and oxygen atoms in total. The minimum absolute atomic E-state index is 0.0298. The quantitative estimate of drug-likeness (QED) is 0.945. The number of hydrogen-bond donors (Lipinski definition) is 1. The summed E-state index contributed by atoms with van der Waals surface area (Å²) in [4.78, 5) is 27.5. The van der Waals surface area contributed by atoms with Gasteiger partial charge in [0.25, 0.3) is 5.91 Å². The maximum atomic E-state index is 12.2. The Kier molecular flexibility index (Phi) is 4.24. The summed E-state index contributed by atoms with van der Waals surface area (Å²) in [7, 11) is 0. The number of hydrogen-bond acceptors (Lipinski definition) is 3. The van der Waals surface area contributed by atoms with Gasteiger partial charge >= 0.3 is 0 Å². The van der Waals surface area contributed by atoms with E-state index < -0.39 is 0 Å². The van der Waals surface area contributed by atoms with Crippen molar-refractivity contribution in [3.8, 4) is 0 Å². The van der Waals surface area contributed by atoms with Crippen LogP contribution in [0.25, 0.3) is 0 Å². The van der Waals surface area contributed by atoms with E-state index in [1.807, 2.05) is 30.0 Å². The molecule has 114 valence electrons. The topological polar surface area (TPSA) is 49.4 Å². The molecule has 0 saturated carbocycles. The highest BCUT2D eigenvalue weighted by molar-refractivity contribution is 7.10. The summed E-state index contributed by atoms with van der Waals surface area (Å²) in [5.74, 6) is -0.233. The largest absolute Gasteiger partial charge is 0.343 e. The van der Waals surface area contributed by atoms with Gasteiger partial charge in [0.05, 0.1) is 6.54 Å². The minimum atomic E-state index is -0.203. The summed E-state index contributed by atoms with van der Waals surface area (Å²) >= 11 is 1.75. The number of aryl methyl sites for hydroxylation is 1. The van der Waals surface area contributed by atoms with Crippen LogP contribution in [-0.2, 0) is 17.8 Å². The monoisotopic (exact) mass is 314 g/mol. The molecule has 2 heterocycles. The first-order chi connectivity index (χ1) is 10.6. The maximum absolute atomic E-state index is 12.2. The van der Waals surface area contributed by atoms with Gasteiger partial charge in [-0.05, 0) is 42.5 Å². The SMILES string of the molecule is Cc1cccc(C(=O)NCC(=O)N2CCc3sccc3C2)c1. The molecule has 0 spiro atoms. The summed E-state index contributed by atoms with van der Waals surface area (Å²) in [6, 6.07) is 9.43. The third kappa shape index (κ3) is 3.20. The van der Waals surface area contributed by atoms with Gasteiger partial charge in [-0.25, -0.2) is 0 Å². The molecule has 5 heteroatoms. The fraction of sp³-hybridized carbons (Fsp3) is 0.294. The summed E-state index contributed by atoms with van der Waals surface area (Å²) in [5.41, 5.74) is 2.85. The number of fused-ring (bicyclic) bond motifs is 1. The van der Waals surface area contributed by atoms with E-state index in [9.17, 15) is 9.59 Å². The van der Waals surface area contributed by atoms with E-state index in [0.717, 1.165) is 18.5 Å². The highest BCUT2D eigenvalue weighted by Gasteiger charge is 2.21. The van der Waals surface area contributed by atoms with Crippen LogP contribution in [-0.4, -0.2) is 29.8 Å². The first kappa shape index (κ1) is 14.8. The van der Waals surface area contributed by atoms with Crippen molar-refractivity contribution >= 4 is 23.2 Å². The zero-order valence-corrected chi connectivity index (χ0v) is 13.3. The summed E-state index contributed by atoms with van der Waals surface area (Å²) < 4.78 is 0. The zero-order valence-electron chi connectivity index (χ0n) is 12.5. The molecule has 22 heavy (non-hydrogen) atoms. The van der Waals surface area contributed by atoms with E-state index in [1.165, 1.54) is 10.4 Å². The van der Waals surface area contributed by atoms with Gasteiger partial charge < -0.3 is 10.2 Å². The molecule has 0 aliphatic carbocycles. The number of carbonyl (C=O) groups excluding carboxylic acids is 2. The Labute approximate surface area is 133 Å². The van der Waals surface area contributed by atoms with Gasteiger partial charge in [0, 0.05) is 23.5 Å². The molecule has 0 radical (unpaired) electrons. The smallest absolute Gasteiger partial charge is 0.251 e. The van der Waals surface area contributed by atoms with Crippen molar-refractivity contribution in [1.82, 2.24) is 10.2 Å². The van der Waals surface area contributed by atoms with Crippen LogP contribution in [0.15, 0.2) is 35.7 Å². The Morgan fingerprint density at radius 2 is 2.18 bits per heavy atom. The Hall–Kier alpha value is -2.14. The van der Waals surface area contributed by atoms with Crippen molar-refractivity contribution in [2.45, 2.75) is 19.9 Å². The van der Waals surface area contributed by atoms with E-state index >= 15 is 0 Å². The highest BCUT2D eigenvalue weighted by Crippen LogP contribution is 2.23. The van der Waals surface area contributed by atoms with E-state index in [1.54, 1.807) is 17.4 Å². The van der Waals surface area contributed by atoms with Gasteiger partial charge in [0.2, 0.25) is 5.91 Å². The first-order valence-corrected chi connectivity index (χ1v) is 8.19. The number of amides is 2. The van der Waals surface area contributed by atoms with Crippen molar-refractivity contribution < 1.29 is 9.59 Å². The average Bonchev–Trinajstić information content (AvgIpc) is 2.99. The van der Waals surface area contributed by atoms with Crippen molar-refractivity contribution in [1.29, 1.82) is 0 Å². The normalized spacial score (nSPS) is 13.6. The van der Waals surface area contributed by atoms with Crippen molar-refractivity contribution in [3.05, 3.63) is 57.3 Å². The Morgan fingerprint density at radius 3 is 3.00 bits per heavy atom. The lowest BCUT2D eigenvalue weighted by molar-refractivity contribution is -0.131. The predicted octanol–water partition coefficient (Wildman–Crippen LogP) is 2.37. The molecule has 3 rings (SSSR count). The standard InChI is InChI=1S/C17H18N2O2S/c1-12-3-2-4-13(9-12)17(21)18-10-16(20)19-7-5-15-14(11-19)6-8-22-15/h2-4,6,8-9H,5,7,10-11H2,1H3,(H,18,21). The van der Waals surface area contributed by atoms with E-state index in [-0.39, 0.29) is 18.4 Å². The van der Waals surface area contributed by atoms with Crippen LogP contribution in [0.2, 0.25) is 0 Å². The third-order valence-electron chi connectivity index (χ3n) is 3.84. The molecule has 1 aliphatic rings. The second-order valence-electron chi connectivity index (χ2n) is 5.49. The highest BCUT2D eigenvalue weighted by atomic mass is 32.1. The summed E-state index contributed by atoms with van der Waals surface area (Å²) in [6.07, 6.45) is 0.907. The van der Waals surface area contributed by atoms with Crippen LogP contribution in [0.5, 0.6) is 0 Å². The number of nitrogens with one attached hydrogen (secondary N) is 1. The summed E-state index contributed by atoms with van der Waals surface area (Å²) in [6.45, 7) is 3.37. The lowest BCUT2D eigenvalue weighted by Gasteiger charge is -2.27. The second kappa shape index (κ2) is 6.32. The Balaban J connectivity index is 1.56. The molecule has 2 aromatic rings. The molecular formula is C17H18N2O2S. The molecule has 1 aliphatic heterocycles. The van der Waals surface area contributed by atoms with Gasteiger partial charge in [-0.15, -0.1) is 11.3 Å². The van der Waals surface area contributed by atoms with E-state index in [4.69, 9.17) is 0 Å². The Bertz CT molecular complexity index is 708. The third-order valence-corrected chi connectivity index (χ3v) is 4.86. The maximum Gasteiger partial charge on any atom is 0.251 e. The lowest BCUT2D eigenvalue weighted by atomic mass is 10.1. The van der Waals surface area contributed by atoms with Gasteiger partial charge in [-0.3, -0.25) is 9.59 Å². The van der Waals surface area contributed by atoms with E-state index in [2.05, 4.69) is 16.8 Å². The number of carbonyl (C=O) groups is 2. The molecular weight excluding hydrogens is 296 g/mol. The fourth-order valence-corrected chi connectivity index (χ4v) is 3.51. The van der Waals surface area contributed by atoms with Crippen molar-refractivity contribution in [2.24, 2.45) is 0 Å². The van der Waals surface area contributed by atoms with Crippen LogP contribution in [0.1, 0.15) is 26.4 Å². The van der Waals surface area contributed by atoms with Crippen molar-refractivity contribution in [2.75, 3.05) is 13.1 Å². The minimum Gasteiger partial charge on any atom is -0.343 e. The molecule has 0 bridgehead atoms. The molecule has 0 atom stereocenters. The van der Waals surface area contributed by atoms with Crippen molar-refractivity contribution in [3.63, 3.8) is 0 Å². The summed E-state index contributed by atoms with van der Waals surface area (Å²) in [5, 5.41) is 4.78. The fourth-order valence-electron chi connectivity index (χ4n) is 2.62. The lowest BCUT2D eigenvalue weighted by Crippen LogP contribution is -2.42. The van der Waals surface area contributed by atoms with E-state index in [0.29, 0.717) is 12.1 Å². The molecule has 0 saturated heterocycles. The van der Waals surface area contributed by atoms with Crippen LogP contribution in [0, 0.1) is 6.92 Å². The zero-order chi connectivity index (χ0) is 15.5. The first-order valence-electron chi connectivity index (χ1n) is 7.31. The molecule has 0 fully saturated rings. The van der Waals surface area contributed by atoms with Crippen LogP contribution >= 0.6 is 11.3 Å². The number of nitrogens with zero attached hydrogens (tertiary/aromatic N) is 1. The molecule has 1 N–H and O–H groups in total. The second-order valence-corrected chi connectivity index (χ2v) is 6.49. The Morgan fingerprint density at radius 1 is 1.32 bits per heavy atom. The van der Waals surface area contributed by atoms with Gasteiger partial charge in [-0.2, -0.15) is 0 Å². The van der Waals surface area contributed by atoms with Crippen LogP contribution in [0.4, 0.5) is 0 Å². The molecule has 2 amide bonds. The molecule has 0 unspecified atom stereocenters. The van der Waals surface area contributed by atoms with Crippen LogP contribution < -0.4 is 5.32 Å². The number of thiophene rings is 1. The number of benzene rings is 1. The van der Waals surface area contributed by atoms with Gasteiger partial charge in [0.15, 0.2) is 0 Å². The number of rotatable bonds is 3.